The summed E-state index contributed by atoms with van der Waals surface area (Å²) >= 11 is 1.76. The second kappa shape index (κ2) is 11.1. The van der Waals surface area contributed by atoms with Crippen molar-refractivity contribution in [2.45, 2.75) is 38.8 Å². The van der Waals surface area contributed by atoms with Crippen molar-refractivity contribution in [3.8, 4) is 0 Å². The number of nitrogens with zero attached hydrogens (tertiary/aromatic N) is 2. The molecule has 1 N–H and O–H groups in total. The minimum absolute atomic E-state index is 0.00772. The van der Waals surface area contributed by atoms with Crippen molar-refractivity contribution >= 4 is 23.3 Å². The lowest BCUT2D eigenvalue weighted by Gasteiger charge is -2.37. The van der Waals surface area contributed by atoms with E-state index in [-0.39, 0.29) is 24.5 Å². The van der Waals surface area contributed by atoms with E-state index in [1.165, 1.54) is 10.4 Å². The summed E-state index contributed by atoms with van der Waals surface area (Å²) in [6.45, 7) is 3.86. The van der Waals surface area contributed by atoms with E-state index in [1.807, 2.05) is 53.4 Å². The first-order valence-corrected chi connectivity index (χ1v) is 12.5. The molecule has 0 spiro atoms. The Morgan fingerprint density at radius 3 is 2.52 bits per heavy atom. The van der Waals surface area contributed by atoms with Gasteiger partial charge in [-0.05, 0) is 41.0 Å². The van der Waals surface area contributed by atoms with Gasteiger partial charge in [-0.25, -0.2) is 4.79 Å². The number of carbonyl (C=O) groups is 2. The standard InChI is InChI=1S/C27H31N3O2S/c1-2-3-16-29(27(32)28-19-21-10-6-4-7-11-21)20-25(31)30-17-14-24-23(15-18-33-24)26(30)22-12-8-5-9-13-22/h4-13,15,18,26H,2-3,14,16-17,19-20H2,1H3,(H,28,32). The summed E-state index contributed by atoms with van der Waals surface area (Å²) in [7, 11) is 0. The fraction of sp³-hybridized carbons (Fsp3) is 0.333. The Kier molecular flexibility index (Phi) is 7.79. The van der Waals surface area contributed by atoms with E-state index >= 15 is 0 Å². The Hall–Kier alpha value is -3.12. The molecule has 0 fully saturated rings. The van der Waals surface area contributed by atoms with Crippen molar-refractivity contribution in [2.24, 2.45) is 0 Å². The van der Waals surface area contributed by atoms with E-state index in [4.69, 9.17) is 0 Å². The first kappa shape index (κ1) is 23.1. The monoisotopic (exact) mass is 461 g/mol. The van der Waals surface area contributed by atoms with E-state index < -0.39 is 0 Å². The van der Waals surface area contributed by atoms with Crippen LogP contribution in [0.5, 0.6) is 0 Å². The molecule has 3 amide bonds. The van der Waals surface area contributed by atoms with E-state index in [2.05, 4.69) is 35.8 Å². The molecule has 0 bridgehead atoms. The first-order valence-electron chi connectivity index (χ1n) is 11.6. The highest BCUT2D eigenvalue weighted by Gasteiger charge is 2.33. The number of hydrogen-bond donors (Lipinski definition) is 1. The van der Waals surface area contributed by atoms with Gasteiger partial charge in [-0.3, -0.25) is 4.79 Å². The van der Waals surface area contributed by atoms with Crippen LogP contribution in [-0.2, 0) is 17.8 Å². The molecule has 5 nitrogen and oxygen atoms in total. The van der Waals surface area contributed by atoms with Gasteiger partial charge in [-0.15, -0.1) is 11.3 Å². The van der Waals surface area contributed by atoms with Crippen molar-refractivity contribution in [3.63, 3.8) is 0 Å². The third-order valence-electron chi connectivity index (χ3n) is 6.08. The molecule has 1 atom stereocenters. The summed E-state index contributed by atoms with van der Waals surface area (Å²) in [5.41, 5.74) is 3.36. The fourth-order valence-corrected chi connectivity index (χ4v) is 5.22. The maximum Gasteiger partial charge on any atom is 0.318 e. The molecule has 1 aliphatic rings. The Morgan fingerprint density at radius 1 is 1.06 bits per heavy atom. The van der Waals surface area contributed by atoms with Gasteiger partial charge in [0.1, 0.15) is 6.54 Å². The molecule has 1 unspecified atom stereocenters. The normalized spacial score (nSPS) is 15.1. The van der Waals surface area contributed by atoms with Crippen LogP contribution >= 0.6 is 11.3 Å². The number of thiophene rings is 1. The second-order valence-electron chi connectivity index (χ2n) is 8.37. The Bertz CT molecular complexity index is 1050. The topological polar surface area (TPSA) is 52.7 Å². The van der Waals surface area contributed by atoms with Crippen LogP contribution in [0, 0.1) is 0 Å². The molecule has 6 heteroatoms. The van der Waals surface area contributed by atoms with Crippen LogP contribution in [0.1, 0.15) is 47.4 Å². The highest BCUT2D eigenvalue weighted by atomic mass is 32.1. The minimum atomic E-state index is -0.190. The van der Waals surface area contributed by atoms with Crippen molar-refractivity contribution in [3.05, 3.63) is 93.7 Å². The molecule has 172 valence electrons. The Balaban J connectivity index is 1.49. The van der Waals surface area contributed by atoms with Crippen molar-refractivity contribution in [1.29, 1.82) is 0 Å². The van der Waals surface area contributed by atoms with Gasteiger partial charge >= 0.3 is 6.03 Å². The van der Waals surface area contributed by atoms with E-state index in [0.29, 0.717) is 19.6 Å². The number of urea groups is 1. The number of hydrogen-bond acceptors (Lipinski definition) is 3. The molecular formula is C27H31N3O2S. The van der Waals surface area contributed by atoms with Crippen LogP contribution in [0.4, 0.5) is 4.79 Å². The smallest absolute Gasteiger partial charge is 0.318 e. The third kappa shape index (κ3) is 5.63. The average Bonchev–Trinajstić information content (AvgIpc) is 3.34. The third-order valence-corrected chi connectivity index (χ3v) is 7.08. The zero-order valence-electron chi connectivity index (χ0n) is 19.1. The van der Waals surface area contributed by atoms with E-state index in [0.717, 1.165) is 30.4 Å². The molecule has 0 aliphatic carbocycles. The minimum Gasteiger partial charge on any atom is -0.334 e. The molecule has 0 saturated heterocycles. The van der Waals surface area contributed by atoms with Crippen LogP contribution < -0.4 is 5.32 Å². The molecule has 4 rings (SSSR count). The maximum atomic E-state index is 13.6. The number of benzene rings is 2. The van der Waals surface area contributed by atoms with Gasteiger partial charge in [0.05, 0.1) is 6.04 Å². The van der Waals surface area contributed by atoms with E-state index in [9.17, 15) is 9.59 Å². The van der Waals surface area contributed by atoms with Crippen LogP contribution in [0.3, 0.4) is 0 Å². The molecular weight excluding hydrogens is 430 g/mol. The lowest BCUT2D eigenvalue weighted by Crippen LogP contribution is -2.49. The number of carbonyl (C=O) groups excluding carboxylic acids is 2. The zero-order chi connectivity index (χ0) is 23.0. The van der Waals surface area contributed by atoms with Crippen molar-refractivity contribution in [1.82, 2.24) is 15.1 Å². The van der Waals surface area contributed by atoms with Gasteiger partial charge in [0, 0.05) is 24.5 Å². The van der Waals surface area contributed by atoms with Crippen LogP contribution in [0.15, 0.2) is 72.1 Å². The lowest BCUT2D eigenvalue weighted by atomic mass is 9.93. The molecule has 0 saturated carbocycles. The zero-order valence-corrected chi connectivity index (χ0v) is 19.9. The van der Waals surface area contributed by atoms with Gasteiger partial charge in [0.2, 0.25) is 5.91 Å². The van der Waals surface area contributed by atoms with Gasteiger partial charge in [0.15, 0.2) is 0 Å². The molecule has 1 aromatic heterocycles. The van der Waals surface area contributed by atoms with Gasteiger partial charge in [-0.2, -0.15) is 0 Å². The molecule has 33 heavy (non-hydrogen) atoms. The van der Waals surface area contributed by atoms with Crippen LogP contribution in [0.2, 0.25) is 0 Å². The molecule has 0 radical (unpaired) electrons. The van der Waals surface area contributed by atoms with Crippen LogP contribution in [0.25, 0.3) is 0 Å². The predicted octanol–water partition coefficient (Wildman–Crippen LogP) is 5.23. The number of nitrogens with one attached hydrogen (secondary N) is 1. The lowest BCUT2D eigenvalue weighted by molar-refractivity contribution is -0.133. The summed E-state index contributed by atoms with van der Waals surface area (Å²) in [6.07, 6.45) is 2.69. The highest BCUT2D eigenvalue weighted by molar-refractivity contribution is 7.10. The summed E-state index contributed by atoms with van der Waals surface area (Å²) < 4.78 is 0. The van der Waals surface area contributed by atoms with Gasteiger partial charge in [-0.1, -0.05) is 74.0 Å². The second-order valence-corrected chi connectivity index (χ2v) is 9.37. The highest BCUT2D eigenvalue weighted by Crippen LogP contribution is 2.37. The van der Waals surface area contributed by atoms with Gasteiger partial charge in [0.25, 0.3) is 0 Å². The molecule has 3 aromatic rings. The summed E-state index contributed by atoms with van der Waals surface area (Å²) in [5, 5.41) is 5.10. The molecule has 2 aromatic carbocycles. The van der Waals surface area contributed by atoms with Crippen LogP contribution in [-0.4, -0.2) is 41.4 Å². The number of unbranched alkanes of at least 4 members (excludes halogenated alkanes) is 1. The van der Waals surface area contributed by atoms with Crippen molar-refractivity contribution in [2.75, 3.05) is 19.6 Å². The Labute approximate surface area is 200 Å². The maximum absolute atomic E-state index is 13.6. The summed E-state index contributed by atoms with van der Waals surface area (Å²) in [6, 6.07) is 21.9. The van der Waals surface area contributed by atoms with E-state index in [1.54, 1.807) is 16.2 Å². The summed E-state index contributed by atoms with van der Waals surface area (Å²) in [5.74, 6) is -0.00772. The van der Waals surface area contributed by atoms with Gasteiger partial charge < -0.3 is 15.1 Å². The number of rotatable bonds is 8. The predicted molar refractivity (Wildman–Crippen MR) is 133 cm³/mol. The molecule has 1 aliphatic heterocycles. The Morgan fingerprint density at radius 2 is 1.79 bits per heavy atom. The number of amides is 3. The fourth-order valence-electron chi connectivity index (χ4n) is 4.32. The summed E-state index contributed by atoms with van der Waals surface area (Å²) in [4.78, 5) is 31.5. The first-order chi connectivity index (χ1) is 16.2. The SMILES string of the molecule is CCCCN(CC(=O)N1CCc2sccc2C1c1ccccc1)C(=O)NCc1ccccc1. The number of fused-ring (bicyclic) bond motifs is 1. The largest absolute Gasteiger partial charge is 0.334 e. The molecule has 2 heterocycles. The van der Waals surface area contributed by atoms with Crippen molar-refractivity contribution < 1.29 is 9.59 Å². The quantitative estimate of drug-likeness (QED) is 0.499. The average molecular weight is 462 g/mol.